The van der Waals surface area contributed by atoms with Gasteiger partial charge in [-0.25, -0.2) is 9.29 Å². The van der Waals surface area contributed by atoms with Crippen LogP contribution in [-0.2, 0) is 24.7 Å². The number of fused-ring (bicyclic) bond motifs is 4. The molecule has 10 heteroatoms. The number of hydrogen-bond donors (Lipinski definition) is 3. The highest BCUT2D eigenvalue weighted by atomic mass is 35.5. The number of para-hydroxylation sites is 1. The van der Waals surface area contributed by atoms with Crippen molar-refractivity contribution in [3.05, 3.63) is 58.9 Å². The first-order chi connectivity index (χ1) is 15.3. The molecule has 4 unspecified atom stereocenters. The molecule has 5 rings (SSSR count). The maximum Gasteiger partial charge on any atom is 0.250 e. The molecule has 4 amide bonds. The van der Waals surface area contributed by atoms with Crippen molar-refractivity contribution in [3.63, 3.8) is 0 Å². The topological polar surface area (TPSA) is 122 Å². The summed E-state index contributed by atoms with van der Waals surface area (Å²) in [5.74, 6) is -4.79. The molecule has 2 aromatic carbocycles. The Morgan fingerprint density at radius 1 is 1.16 bits per heavy atom. The Labute approximate surface area is 186 Å². The van der Waals surface area contributed by atoms with E-state index in [9.17, 15) is 23.6 Å². The zero-order valence-electron chi connectivity index (χ0n) is 16.6. The first-order valence-corrected chi connectivity index (χ1v) is 10.4. The van der Waals surface area contributed by atoms with E-state index in [0.29, 0.717) is 11.3 Å². The van der Waals surface area contributed by atoms with Gasteiger partial charge in [-0.3, -0.25) is 24.5 Å². The summed E-state index contributed by atoms with van der Waals surface area (Å²) in [5, 5.41) is 5.76. The quantitative estimate of drug-likeness (QED) is 0.604. The molecule has 164 valence electrons. The first-order valence-electron chi connectivity index (χ1n) is 10.1. The molecule has 8 nitrogen and oxygen atoms in total. The van der Waals surface area contributed by atoms with Crippen LogP contribution in [0.3, 0.4) is 0 Å². The summed E-state index contributed by atoms with van der Waals surface area (Å²) in [4.78, 5) is 52.8. The summed E-state index contributed by atoms with van der Waals surface area (Å²) in [6, 6.07) is 9.85. The largest absolute Gasteiger partial charge is 0.370 e. The SMILES string of the molecule is NC(=O)CCC1NC2(C(=O)Nc3ccccc32)C2C(=O)N(c3ccc(F)c(Cl)c3)C(=O)C12. The van der Waals surface area contributed by atoms with Gasteiger partial charge < -0.3 is 11.1 Å². The van der Waals surface area contributed by atoms with Gasteiger partial charge in [-0.1, -0.05) is 29.8 Å². The smallest absolute Gasteiger partial charge is 0.250 e. The second-order valence-electron chi connectivity index (χ2n) is 8.18. The fourth-order valence-corrected chi connectivity index (χ4v) is 5.36. The number of carbonyl (C=O) groups excluding carboxylic acids is 4. The van der Waals surface area contributed by atoms with Crippen LogP contribution in [0.1, 0.15) is 18.4 Å². The number of rotatable bonds is 4. The lowest BCUT2D eigenvalue weighted by molar-refractivity contribution is -0.130. The van der Waals surface area contributed by atoms with Crippen LogP contribution < -0.4 is 21.3 Å². The van der Waals surface area contributed by atoms with Crippen molar-refractivity contribution in [3.8, 4) is 0 Å². The van der Waals surface area contributed by atoms with Crippen LogP contribution in [0, 0.1) is 17.7 Å². The number of carbonyl (C=O) groups is 4. The molecule has 1 spiro atoms. The summed E-state index contributed by atoms with van der Waals surface area (Å²) >= 11 is 5.88. The third-order valence-corrected chi connectivity index (χ3v) is 6.78. The first kappa shape index (κ1) is 20.6. The third-order valence-electron chi connectivity index (χ3n) is 6.49. The number of nitrogens with one attached hydrogen (secondary N) is 2. The average molecular weight is 457 g/mol. The molecule has 3 heterocycles. The molecular weight excluding hydrogens is 439 g/mol. The average Bonchev–Trinajstić information content (AvgIpc) is 3.33. The number of halogens is 2. The van der Waals surface area contributed by atoms with Gasteiger partial charge in [0.05, 0.1) is 22.5 Å². The molecule has 0 saturated carbocycles. The molecule has 0 aromatic heterocycles. The van der Waals surface area contributed by atoms with Gasteiger partial charge in [0.2, 0.25) is 23.6 Å². The van der Waals surface area contributed by atoms with Crippen LogP contribution in [-0.4, -0.2) is 29.7 Å². The summed E-state index contributed by atoms with van der Waals surface area (Å²) in [6.07, 6.45) is 0.148. The highest BCUT2D eigenvalue weighted by Gasteiger charge is 2.70. The monoisotopic (exact) mass is 456 g/mol. The van der Waals surface area contributed by atoms with Crippen LogP contribution in [0.25, 0.3) is 0 Å². The van der Waals surface area contributed by atoms with Gasteiger partial charge in [-0.15, -0.1) is 0 Å². The van der Waals surface area contributed by atoms with E-state index < -0.39 is 52.9 Å². The van der Waals surface area contributed by atoms with Gasteiger partial charge in [0.25, 0.3) is 0 Å². The molecule has 4 atom stereocenters. The number of amides is 4. The zero-order valence-corrected chi connectivity index (χ0v) is 17.4. The predicted molar refractivity (Wildman–Crippen MR) is 113 cm³/mol. The van der Waals surface area contributed by atoms with Crippen LogP contribution in [0.15, 0.2) is 42.5 Å². The van der Waals surface area contributed by atoms with Gasteiger partial charge in [-0.2, -0.15) is 0 Å². The van der Waals surface area contributed by atoms with Crippen molar-refractivity contribution in [2.24, 2.45) is 17.6 Å². The van der Waals surface area contributed by atoms with E-state index in [0.717, 1.165) is 11.0 Å². The maximum atomic E-state index is 13.7. The van der Waals surface area contributed by atoms with E-state index in [-0.39, 0.29) is 23.6 Å². The number of imide groups is 1. The molecule has 2 fully saturated rings. The van der Waals surface area contributed by atoms with Crippen molar-refractivity contribution in [2.45, 2.75) is 24.4 Å². The Hall–Kier alpha value is -3.30. The minimum atomic E-state index is -1.48. The lowest BCUT2D eigenvalue weighted by Crippen LogP contribution is -2.53. The van der Waals surface area contributed by atoms with Crippen LogP contribution in [0.4, 0.5) is 15.8 Å². The maximum absolute atomic E-state index is 13.7. The highest BCUT2D eigenvalue weighted by Crippen LogP contribution is 2.54. The van der Waals surface area contributed by atoms with Crippen molar-refractivity contribution < 1.29 is 23.6 Å². The van der Waals surface area contributed by atoms with E-state index in [1.165, 1.54) is 12.1 Å². The fourth-order valence-electron chi connectivity index (χ4n) is 5.18. The van der Waals surface area contributed by atoms with E-state index in [1.54, 1.807) is 24.3 Å². The van der Waals surface area contributed by atoms with Crippen LogP contribution >= 0.6 is 11.6 Å². The number of nitrogens with two attached hydrogens (primary N) is 1. The van der Waals surface area contributed by atoms with E-state index in [1.807, 2.05) is 0 Å². The Balaban J connectivity index is 1.64. The van der Waals surface area contributed by atoms with E-state index in [4.69, 9.17) is 17.3 Å². The number of nitrogens with zero attached hydrogens (tertiary/aromatic N) is 1. The Morgan fingerprint density at radius 3 is 2.62 bits per heavy atom. The molecule has 3 aliphatic rings. The minimum Gasteiger partial charge on any atom is -0.370 e. The second-order valence-corrected chi connectivity index (χ2v) is 8.58. The van der Waals surface area contributed by atoms with Gasteiger partial charge in [-0.05, 0) is 30.7 Å². The van der Waals surface area contributed by atoms with Crippen molar-refractivity contribution >= 4 is 46.6 Å². The molecule has 0 bridgehead atoms. The van der Waals surface area contributed by atoms with Crippen LogP contribution in [0.2, 0.25) is 5.02 Å². The number of hydrogen-bond acceptors (Lipinski definition) is 5. The van der Waals surface area contributed by atoms with Crippen molar-refractivity contribution in [2.75, 3.05) is 10.2 Å². The van der Waals surface area contributed by atoms with Crippen molar-refractivity contribution in [1.29, 1.82) is 0 Å². The number of benzene rings is 2. The van der Waals surface area contributed by atoms with Gasteiger partial charge >= 0.3 is 0 Å². The Morgan fingerprint density at radius 2 is 1.91 bits per heavy atom. The van der Waals surface area contributed by atoms with Crippen LogP contribution in [0.5, 0.6) is 0 Å². The number of primary amides is 1. The molecule has 0 radical (unpaired) electrons. The Bertz CT molecular complexity index is 1200. The summed E-state index contributed by atoms with van der Waals surface area (Å²) in [5.41, 5.74) is 5.05. The highest BCUT2D eigenvalue weighted by molar-refractivity contribution is 6.32. The molecule has 2 aromatic rings. The summed E-state index contributed by atoms with van der Waals surface area (Å²) in [7, 11) is 0. The third kappa shape index (κ3) is 2.71. The normalized spacial score (nSPS) is 28.2. The minimum absolute atomic E-state index is 0.0237. The predicted octanol–water partition coefficient (Wildman–Crippen LogP) is 1.67. The zero-order chi connectivity index (χ0) is 22.8. The van der Waals surface area contributed by atoms with Crippen molar-refractivity contribution in [1.82, 2.24) is 5.32 Å². The second kappa shape index (κ2) is 7.11. The van der Waals surface area contributed by atoms with Gasteiger partial charge in [0.1, 0.15) is 11.4 Å². The number of anilines is 2. The van der Waals surface area contributed by atoms with E-state index in [2.05, 4.69) is 10.6 Å². The molecule has 4 N–H and O–H groups in total. The molecule has 0 aliphatic carbocycles. The standard InChI is InChI=1S/C22H18ClFN4O4/c23-12-9-10(5-6-13(12)24)28-19(30)17-15(7-8-16(25)29)27-22(18(17)20(28)31)11-3-1-2-4-14(11)26-21(22)32/h1-6,9,15,17-18,27H,7-8H2,(H2,25,29)(H,26,32). The summed E-state index contributed by atoms with van der Waals surface area (Å²) in [6.45, 7) is 0. The molecule has 2 saturated heterocycles. The molecular formula is C22H18ClFN4O4. The molecule has 3 aliphatic heterocycles. The van der Waals surface area contributed by atoms with Gasteiger partial charge in [0, 0.05) is 23.7 Å². The molecule has 32 heavy (non-hydrogen) atoms. The summed E-state index contributed by atoms with van der Waals surface area (Å²) < 4.78 is 13.7. The van der Waals surface area contributed by atoms with E-state index >= 15 is 0 Å². The lowest BCUT2D eigenvalue weighted by atomic mass is 9.76. The van der Waals surface area contributed by atoms with Gasteiger partial charge in [0.15, 0.2) is 0 Å². The fraction of sp³-hybridized carbons (Fsp3) is 0.273. The lowest BCUT2D eigenvalue weighted by Gasteiger charge is -2.29. The Kier molecular flexibility index (Phi) is 4.58.